The Morgan fingerprint density at radius 2 is 1.77 bits per heavy atom. The monoisotopic (exact) mass is 637 g/mol. The number of benzene rings is 3. The van der Waals surface area contributed by atoms with Crippen LogP contribution in [0.15, 0.2) is 54.6 Å². The van der Waals surface area contributed by atoms with Gasteiger partial charge in [0, 0.05) is 31.1 Å². The molecule has 0 saturated carbocycles. The molecule has 1 saturated heterocycles. The third kappa shape index (κ3) is 7.33. The van der Waals surface area contributed by atoms with Gasteiger partial charge in [-0.3, -0.25) is 19.3 Å². The highest BCUT2D eigenvalue weighted by atomic mass is 35.5. The van der Waals surface area contributed by atoms with Crippen LogP contribution in [-0.4, -0.2) is 92.0 Å². The maximum atomic E-state index is 14.2. The zero-order valence-corrected chi connectivity index (χ0v) is 26.7. The molecule has 232 valence electrons. The number of amides is 2. The summed E-state index contributed by atoms with van der Waals surface area (Å²) in [5.74, 6) is -1.49. The van der Waals surface area contributed by atoms with Crippen molar-refractivity contribution in [1.29, 1.82) is 5.26 Å². The number of methoxy groups -OCH3 is 1. The average molecular weight is 639 g/mol. The van der Waals surface area contributed by atoms with Crippen LogP contribution in [0.25, 0.3) is 10.8 Å². The first kappa shape index (κ1) is 33.2. The number of likely N-dealkylation sites (tertiary alicyclic amines) is 1. The summed E-state index contributed by atoms with van der Waals surface area (Å²) in [6, 6.07) is 18.2. The number of nitrogens with zero attached hydrogens (tertiary/aromatic N) is 4. The van der Waals surface area contributed by atoms with Gasteiger partial charge in [0.1, 0.15) is 12.1 Å². The highest BCUT2D eigenvalue weighted by Gasteiger charge is 2.41. The molecule has 0 spiro atoms. The smallest absolute Gasteiger partial charge is 0.325 e. The molecule has 2 amide bonds. The molecule has 1 unspecified atom stereocenters. The van der Waals surface area contributed by atoms with E-state index in [0.717, 1.165) is 10.9 Å². The molecule has 1 aliphatic rings. The number of ether oxygens (including phenoxy) is 1. The summed E-state index contributed by atoms with van der Waals surface area (Å²) in [4.78, 5) is 44.7. The largest absolute Gasteiger partial charge is 0.468 e. The van der Waals surface area contributed by atoms with Crippen molar-refractivity contribution in [3.8, 4) is 6.07 Å². The normalized spacial score (nSPS) is 15.5. The Bertz CT molecular complexity index is 1580. The third-order valence-corrected chi connectivity index (χ3v) is 9.44. The fourth-order valence-electron chi connectivity index (χ4n) is 5.96. The van der Waals surface area contributed by atoms with Crippen LogP contribution < -0.4 is 5.73 Å². The fraction of sp³-hybridized carbons (Fsp3) is 0.394. The van der Waals surface area contributed by atoms with Crippen LogP contribution >= 0.6 is 23.2 Å². The number of piperidine rings is 1. The van der Waals surface area contributed by atoms with Crippen molar-refractivity contribution in [2.45, 2.75) is 30.7 Å². The highest BCUT2D eigenvalue weighted by Crippen LogP contribution is 2.32. The first-order valence-electron chi connectivity index (χ1n) is 14.4. The van der Waals surface area contributed by atoms with Crippen molar-refractivity contribution in [1.82, 2.24) is 14.7 Å². The van der Waals surface area contributed by atoms with Gasteiger partial charge in [-0.1, -0.05) is 53.5 Å². The SMILES string of the molecule is COC(=O)CN(CC(CCN1CCC(C(N)=O)(N(C)C)CC1)c1ccc(Cl)c(Cl)c1)C(=O)c1cc(C#N)cc2ccccc12. The minimum atomic E-state index is -0.677. The third-order valence-electron chi connectivity index (χ3n) is 8.70. The summed E-state index contributed by atoms with van der Waals surface area (Å²) in [6.07, 6.45) is 1.86. The van der Waals surface area contributed by atoms with Crippen molar-refractivity contribution < 1.29 is 19.1 Å². The lowest BCUT2D eigenvalue weighted by molar-refractivity contribution is -0.141. The predicted octanol–water partition coefficient (Wildman–Crippen LogP) is 4.69. The van der Waals surface area contributed by atoms with Crippen molar-refractivity contribution in [3.63, 3.8) is 0 Å². The molecule has 44 heavy (non-hydrogen) atoms. The van der Waals surface area contributed by atoms with Crippen LogP contribution in [-0.2, 0) is 14.3 Å². The van der Waals surface area contributed by atoms with Crippen LogP contribution in [0.5, 0.6) is 0 Å². The molecule has 9 nitrogen and oxygen atoms in total. The summed E-state index contributed by atoms with van der Waals surface area (Å²) >= 11 is 12.7. The molecule has 0 aromatic heterocycles. The molecule has 4 rings (SSSR count). The Balaban J connectivity index is 1.64. The van der Waals surface area contributed by atoms with Gasteiger partial charge in [0.05, 0.1) is 28.8 Å². The van der Waals surface area contributed by atoms with E-state index in [-0.39, 0.29) is 30.8 Å². The van der Waals surface area contributed by atoms with Crippen molar-refractivity contribution >= 4 is 51.8 Å². The van der Waals surface area contributed by atoms with Gasteiger partial charge in [0.25, 0.3) is 5.91 Å². The molecule has 3 aromatic rings. The number of fused-ring (bicyclic) bond motifs is 1. The predicted molar refractivity (Wildman–Crippen MR) is 172 cm³/mol. The molecule has 1 atom stereocenters. The highest BCUT2D eigenvalue weighted by molar-refractivity contribution is 6.42. The van der Waals surface area contributed by atoms with Crippen molar-refractivity contribution in [3.05, 3.63) is 81.3 Å². The number of hydrogen-bond donors (Lipinski definition) is 1. The van der Waals surface area contributed by atoms with Gasteiger partial charge in [-0.25, -0.2) is 0 Å². The van der Waals surface area contributed by atoms with Gasteiger partial charge in [0.2, 0.25) is 5.91 Å². The first-order valence-corrected chi connectivity index (χ1v) is 15.2. The molecule has 0 radical (unpaired) electrons. The number of halogens is 2. The Morgan fingerprint density at radius 3 is 2.39 bits per heavy atom. The van der Waals surface area contributed by atoms with E-state index in [9.17, 15) is 19.6 Å². The number of hydrogen-bond acceptors (Lipinski definition) is 7. The Hall–Kier alpha value is -3.68. The summed E-state index contributed by atoms with van der Waals surface area (Å²) in [6.45, 7) is 1.97. The minimum absolute atomic E-state index is 0.188. The second kappa shape index (κ2) is 14.4. The van der Waals surface area contributed by atoms with E-state index in [2.05, 4.69) is 11.0 Å². The number of carbonyl (C=O) groups is 3. The molecule has 0 aliphatic carbocycles. The number of primary amides is 1. The summed E-state index contributed by atoms with van der Waals surface area (Å²) < 4.78 is 4.96. The standard InChI is InChI=1S/C33H37Cl2N5O4/c1-38(2)33(32(37)43)11-14-39(15-12-33)13-10-25(23-8-9-28(34)29(35)18-23)20-40(21-30(41)44-3)31(42)27-17-22(19-36)16-24-6-4-5-7-26(24)27/h4-9,16-18,25H,10-15,20-21H2,1-3H3,(H2,37,43). The zero-order chi connectivity index (χ0) is 32.0. The van der Waals surface area contributed by atoms with Crippen LogP contribution in [0.4, 0.5) is 0 Å². The molecule has 1 fully saturated rings. The van der Waals surface area contributed by atoms with Gasteiger partial charge >= 0.3 is 5.97 Å². The van der Waals surface area contributed by atoms with Crippen molar-refractivity contribution in [2.24, 2.45) is 5.73 Å². The topological polar surface area (TPSA) is 120 Å². The van der Waals surface area contributed by atoms with Crippen molar-refractivity contribution in [2.75, 3.05) is 53.9 Å². The number of nitrogens with two attached hydrogens (primary N) is 1. The summed E-state index contributed by atoms with van der Waals surface area (Å²) in [5.41, 5.74) is 6.67. The molecule has 11 heteroatoms. The average Bonchev–Trinajstić information content (AvgIpc) is 3.02. The van der Waals surface area contributed by atoms with E-state index in [1.807, 2.05) is 49.3 Å². The number of carbonyl (C=O) groups excluding carboxylic acids is 3. The van der Waals surface area contributed by atoms with Gasteiger partial charge in [-0.2, -0.15) is 5.26 Å². The van der Waals surface area contributed by atoms with E-state index in [1.54, 1.807) is 24.3 Å². The lowest BCUT2D eigenvalue weighted by Gasteiger charge is -2.44. The number of likely N-dealkylation sites (N-methyl/N-ethyl adjacent to an activating group) is 1. The Kier molecular flexibility index (Phi) is 10.9. The van der Waals surface area contributed by atoms with Gasteiger partial charge in [-0.05, 0) is 80.5 Å². The Morgan fingerprint density at radius 1 is 1.07 bits per heavy atom. The molecule has 3 aromatic carbocycles. The second-order valence-corrected chi connectivity index (χ2v) is 12.2. The molecule has 1 aliphatic heterocycles. The van der Waals surface area contributed by atoms with Crippen LogP contribution in [0.1, 0.15) is 46.7 Å². The van der Waals surface area contributed by atoms with E-state index in [1.165, 1.54) is 12.0 Å². The lowest BCUT2D eigenvalue weighted by atomic mass is 9.85. The summed E-state index contributed by atoms with van der Waals surface area (Å²) in [5, 5.41) is 11.9. The Labute approximate surface area is 268 Å². The van der Waals surface area contributed by atoms with Crippen LogP contribution in [0.2, 0.25) is 10.0 Å². The molecular formula is C33H37Cl2N5O4. The fourth-order valence-corrected chi connectivity index (χ4v) is 6.26. The quantitative estimate of drug-likeness (QED) is 0.303. The first-order chi connectivity index (χ1) is 21.0. The van der Waals surface area contributed by atoms with Crippen LogP contribution in [0, 0.1) is 11.3 Å². The maximum Gasteiger partial charge on any atom is 0.325 e. The van der Waals surface area contributed by atoms with E-state index in [0.29, 0.717) is 65.5 Å². The molecule has 0 bridgehead atoms. The summed E-state index contributed by atoms with van der Waals surface area (Å²) in [7, 11) is 5.04. The van der Waals surface area contributed by atoms with Gasteiger partial charge in [0.15, 0.2) is 0 Å². The lowest BCUT2D eigenvalue weighted by Crippen LogP contribution is -2.60. The number of nitriles is 1. The molecule has 2 N–H and O–H groups in total. The molecule has 1 heterocycles. The van der Waals surface area contributed by atoms with Gasteiger partial charge < -0.3 is 20.3 Å². The van der Waals surface area contributed by atoms with E-state index in [4.69, 9.17) is 33.7 Å². The van der Waals surface area contributed by atoms with Crippen LogP contribution in [0.3, 0.4) is 0 Å². The maximum absolute atomic E-state index is 14.2. The number of rotatable bonds is 11. The molecular weight excluding hydrogens is 601 g/mol. The minimum Gasteiger partial charge on any atom is -0.468 e. The van der Waals surface area contributed by atoms with E-state index < -0.39 is 11.5 Å². The zero-order valence-electron chi connectivity index (χ0n) is 25.2. The van der Waals surface area contributed by atoms with E-state index >= 15 is 0 Å². The van der Waals surface area contributed by atoms with Gasteiger partial charge in [-0.15, -0.1) is 0 Å². The second-order valence-electron chi connectivity index (χ2n) is 11.4. The number of esters is 1.